The number of hydrogen-bond donors (Lipinski definition) is 1. The van der Waals surface area contributed by atoms with Gasteiger partial charge in [-0.3, -0.25) is 0 Å². The summed E-state index contributed by atoms with van der Waals surface area (Å²) in [5, 5.41) is 3.35. The van der Waals surface area contributed by atoms with Gasteiger partial charge in [-0.05, 0) is 30.2 Å². The van der Waals surface area contributed by atoms with Crippen LogP contribution < -0.4 is 14.8 Å². The van der Waals surface area contributed by atoms with Gasteiger partial charge in [0.05, 0.1) is 12.7 Å². The van der Waals surface area contributed by atoms with Crippen LogP contribution in [0.25, 0.3) is 0 Å². The topological polar surface area (TPSA) is 39.7 Å². The first kappa shape index (κ1) is 11.8. The molecule has 2 aliphatic heterocycles. The number of hydrogen-bond acceptors (Lipinski definition) is 4. The number of ether oxygens (including phenoxy) is 3. The number of fused-ring (bicyclic) bond motifs is 1. The van der Waals surface area contributed by atoms with Crippen molar-refractivity contribution < 1.29 is 14.2 Å². The van der Waals surface area contributed by atoms with Gasteiger partial charge in [0.2, 0.25) is 5.79 Å². The van der Waals surface area contributed by atoms with Gasteiger partial charge in [0.25, 0.3) is 0 Å². The Morgan fingerprint density at radius 1 is 1.22 bits per heavy atom. The summed E-state index contributed by atoms with van der Waals surface area (Å²) in [6, 6.07) is 4.09. The Balaban J connectivity index is 1.93. The lowest BCUT2D eigenvalue weighted by Gasteiger charge is -2.25. The number of morpholine rings is 1. The zero-order chi connectivity index (χ0) is 12.8. The summed E-state index contributed by atoms with van der Waals surface area (Å²) in [5.74, 6) is 1.07. The van der Waals surface area contributed by atoms with Gasteiger partial charge in [-0.15, -0.1) is 0 Å². The van der Waals surface area contributed by atoms with Gasteiger partial charge in [-0.1, -0.05) is 0 Å². The standard InChI is InChI=1S/C14H19NO3/c1-9-6-11-12(18-14(2,3)17-11)7-10(9)13-8-15-4-5-16-13/h6-7,13,15H,4-5,8H2,1-3H3. The third-order valence-electron chi connectivity index (χ3n) is 3.32. The average molecular weight is 249 g/mol. The van der Waals surface area contributed by atoms with Crippen LogP contribution in [0.5, 0.6) is 11.5 Å². The van der Waals surface area contributed by atoms with Crippen molar-refractivity contribution in [3.63, 3.8) is 0 Å². The second-order valence-corrected chi connectivity index (χ2v) is 5.32. The Kier molecular flexibility index (Phi) is 2.72. The van der Waals surface area contributed by atoms with E-state index in [1.165, 1.54) is 11.1 Å². The van der Waals surface area contributed by atoms with E-state index in [4.69, 9.17) is 14.2 Å². The van der Waals surface area contributed by atoms with Crippen LogP contribution in [0, 0.1) is 6.92 Å². The third kappa shape index (κ3) is 2.06. The molecule has 98 valence electrons. The van der Waals surface area contributed by atoms with Gasteiger partial charge in [-0.2, -0.15) is 0 Å². The molecule has 0 saturated carbocycles. The maximum Gasteiger partial charge on any atom is 0.246 e. The van der Waals surface area contributed by atoms with Gasteiger partial charge >= 0.3 is 0 Å². The zero-order valence-corrected chi connectivity index (χ0v) is 11.1. The van der Waals surface area contributed by atoms with E-state index in [0.717, 1.165) is 31.2 Å². The molecule has 0 radical (unpaired) electrons. The average Bonchev–Trinajstić information content (AvgIpc) is 2.62. The van der Waals surface area contributed by atoms with Crippen LogP contribution in [0.15, 0.2) is 12.1 Å². The summed E-state index contributed by atoms with van der Waals surface area (Å²) >= 11 is 0. The van der Waals surface area contributed by atoms with Crippen LogP contribution in [0.2, 0.25) is 0 Å². The molecule has 1 N–H and O–H groups in total. The number of aryl methyl sites for hydroxylation is 1. The molecule has 1 aromatic carbocycles. The lowest BCUT2D eigenvalue weighted by molar-refractivity contribution is -0.0432. The molecule has 2 heterocycles. The van der Waals surface area contributed by atoms with Crippen LogP contribution in [-0.4, -0.2) is 25.5 Å². The van der Waals surface area contributed by atoms with E-state index < -0.39 is 5.79 Å². The van der Waals surface area contributed by atoms with Crippen LogP contribution in [0.3, 0.4) is 0 Å². The van der Waals surface area contributed by atoms with E-state index in [0.29, 0.717) is 0 Å². The quantitative estimate of drug-likeness (QED) is 0.828. The summed E-state index contributed by atoms with van der Waals surface area (Å²) in [4.78, 5) is 0. The SMILES string of the molecule is Cc1cc2c(cc1C1CNCCO1)OC(C)(C)O2. The molecule has 2 aliphatic rings. The van der Waals surface area contributed by atoms with Crippen molar-refractivity contribution in [2.24, 2.45) is 0 Å². The number of rotatable bonds is 1. The van der Waals surface area contributed by atoms with E-state index in [1.807, 2.05) is 19.9 Å². The van der Waals surface area contributed by atoms with Crippen LogP contribution >= 0.6 is 0 Å². The largest absolute Gasteiger partial charge is 0.449 e. The molecule has 1 aromatic rings. The molecule has 1 atom stereocenters. The van der Waals surface area contributed by atoms with Crippen LogP contribution in [-0.2, 0) is 4.74 Å². The molecule has 0 aromatic heterocycles. The first-order valence-electron chi connectivity index (χ1n) is 6.40. The molecule has 3 rings (SSSR count). The second-order valence-electron chi connectivity index (χ2n) is 5.32. The van der Waals surface area contributed by atoms with Gasteiger partial charge in [0.1, 0.15) is 0 Å². The smallest absolute Gasteiger partial charge is 0.246 e. The van der Waals surface area contributed by atoms with Crippen LogP contribution in [0.1, 0.15) is 31.1 Å². The highest BCUT2D eigenvalue weighted by Crippen LogP contribution is 2.42. The molecule has 1 fully saturated rings. The van der Waals surface area contributed by atoms with Gasteiger partial charge in [0.15, 0.2) is 11.5 Å². The van der Waals surface area contributed by atoms with Crippen molar-refractivity contribution in [3.05, 3.63) is 23.3 Å². The highest BCUT2D eigenvalue weighted by atomic mass is 16.7. The normalized spacial score (nSPS) is 25.2. The van der Waals surface area contributed by atoms with Crippen molar-refractivity contribution in [1.29, 1.82) is 0 Å². The summed E-state index contributed by atoms with van der Waals surface area (Å²) in [6.45, 7) is 8.45. The van der Waals surface area contributed by atoms with Crippen molar-refractivity contribution >= 4 is 0 Å². The molecule has 4 heteroatoms. The monoisotopic (exact) mass is 249 g/mol. The maximum atomic E-state index is 5.80. The summed E-state index contributed by atoms with van der Waals surface area (Å²) < 4.78 is 17.3. The van der Waals surface area contributed by atoms with E-state index in [1.54, 1.807) is 0 Å². The Morgan fingerprint density at radius 2 is 1.94 bits per heavy atom. The third-order valence-corrected chi connectivity index (χ3v) is 3.32. The zero-order valence-electron chi connectivity index (χ0n) is 11.1. The summed E-state index contributed by atoms with van der Waals surface area (Å²) in [5.41, 5.74) is 2.37. The molecule has 0 bridgehead atoms. The predicted molar refractivity (Wildman–Crippen MR) is 68.1 cm³/mol. The van der Waals surface area contributed by atoms with Crippen molar-refractivity contribution in [1.82, 2.24) is 5.32 Å². The van der Waals surface area contributed by atoms with Crippen LogP contribution in [0.4, 0.5) is 0 Å². The number of nitrogens with one attached hydrogen (secondary N) is 1. The Hall–Kier alpha value is -1.26. The summed E-state index contributed by atoms with van der Waals surface area (Å²) in [7, 11) is 0. The first-order valence-corrected chi connectivity index (χ1v) is 6.40. The van der Waals surface area contributed by atoms with E-state index in [9.17, 15) is 0 Å². The minimum absolute atomic E-state index is 0.108. The maximum absolute atomic E-state index is 5.80. The summed E-state index contributed by atoms with van der Waals surface area (Å²) in [6.07, 6.45) is 0.108. The van der Waals surface area contributed by atoms with E-state index in [-0.39, 0.29) is 6.10 Å². The molecule has 1 saturated heterocycles. The Labute approximate surface area is 107 Å². The Morgan fingerprint density at radius 3 is 2.61 bits per heavy atom. The molecule has 1 unspecified atom stereocenters. The molecule has 4 nitrogen and oxygen atoms in total. The first-order chi connectivity index (χ1) is 8.55. The molecular weight excluding hydrogens is 230 g/mol. The van der Waals surface area contributed by atoms with Crippen molar-refractivity contribution in [3.8, 4) is 11.5 Å². The molecule has 18 heavy (non-hydrogen) atoms. The molecule has 0 aliphatic carbocycles. The minimum atomic E-state index is -0.570. The number of benzene rings is 1. The minimum Gasteiger partial charge on any atom is -0.449 e. The second kappa shape index (κ2) is 4.14. The van der Waals surface area contributed by atoms with Gasteiger partial charge in [-0.25, -0.2) is 0 Å². The lowest BCUT2D eigenvalue weighted by atomic mass is 10.0. The van der Waals surface area contributed by atoms with Gasteiger partial charge in [0, 0.05) is 26.9 Å². The van der Waals surface area contributed by atoms with Crippen molar-refractivity contribution in [2.75, 3.05) is 19.7 Å². The van der Waals surface area contributed by atoms with Gasteiger partial charge < -0.3 is 19.5 Å². The predicted octanol–water partition coefficient (Wildman–Crippen LogP) is 2.16. The lowest BCUT2D eigenvalue weighted by Crippen LogP contribution is -2.33. The molecular formula is C14H19NO3. The highest BCUT2D eigenvalue weighted by Gasteiger charge is 2.33. The van der Waals surface area contributed by atoms with Crippen molar-refractivity contribution in [2.45, 2.75) is 32.7 Å². The van der Waals surface area contributed by atoms with E-state index >= 15 is 0 Å². The highest BCUT2D eigenvalue weighted by molar-refractivity contribution is 5.50. The fourth-order valence-electron chi connectivity index (χ4n) is 2.50. The molecule has 0 spiro atoms. The van der Waals surface area contributed by atoms with E-state index in [2.05, 4.69) is 18.3 Å². The Bertz CT molecular complexity index is 464. The fourth-order valence-corrected chi connectivity index (χ4v) is 2.50. The fraction of sp³-hybridized carbons (Fsp3) is 0.571. The molecule has 0 amide bonds.